The van der Waals surface area contributed by atoms with Gasteiger partial charge in [0, 0.05) is 10.7 Å². The predicted octanol–water partition coefficient (Wildman–Crippen LogP) is 3.44. The van der Waals surface area contributed by atoms with Gasteiger partial charge in [-0.15, -0.1) is 0 Å². The number of aliphatic carboxylic acids is 1. The van der Waals surface area contributed by atoms with Gasteiger partial charge < -0.3 is 10.4 Å². The van der Waals surface area contributed by atoms with Crippen molar-refractivity contribution < 1.29 is 23.1 Å². The summed E-state index contributed by atoms with van der Waals surface area (Å²) in [6, 6.07) is 11.1. The van der Waals surface area contributed by atoms with Gasteiger partial charge in [-0.05, 0) is 48.4 Å². The number of halogens is 1. The zero-order valence-electron chi connectivity index (χ0n) is 15.9. The van der Waals surface area contributed by atoms with Crippen molar-refractivity contribution in [3.63, 3.8) is 0 Å². The standard InChI is InChI=1S/C20H23ClN2O5S/c1-2-3-4-18(23-29(27,28)17-11-7-15(21)8-12-17)20(26)22-16-9-5-14(6-10-16)13-19(24)25/h5-12,18,23H,2-4,13H2,1H3,(H,22,26)(H,24,25)/t18-/m1/s1. The quantitative estimate of drug-likeness (QED) is 0.526. The molecule has 2 rings (SSSR count). The van der Waals surface area contributed by atoms with E-state index in [-0.39, 0.29) is 11.3 Å². The van der Waals surface area contributed by atoms with E-state index in [9.17, 15) is 18.0 Å². The van der Waals surface area contributed by atoms with Crippen LogP contribution in [0.5, 0.6) is 0 Å². The number of unbranched alkanes of at least 4 members (excludes halogenated alkanes) is 1. The minimum atomic E-state index is -3.90. The van der Waals surface area contributed by atoms with Gasteiger partial charge in [-0.2, -0.15) is 4.72 Å². The van der Waals surface area contributed by atoms with Crippen LogP contribution in [-0.2, 0) is 26.0 Å². The molecule has 0 aromatic heterocycles. The monoisotopic (exact) mass is 438 g/mol. The molecule has 1 atom stereocenters. The zero-order valence-corrected chi connectivity index (χ0v) is 17.5. The van der Waals surface area contributed by atoms with Gasteiger partial charge in [0.05, 0.1) is 11.3 Å². The van der Waals surface area contributed by atoms with Gasteiger partial charge in [0.1, 0.15) is 6.04 Å². The van der Waals surface area contributed by atoms with E-state index >= 15 is 0 Å². The second kappa shape index (κ2) is 10.4. The first kappa shape index (κ1) is 22.9. The highest BCUT2D eigenvalue weighted by Crippen LogP contribution is 2.16. The summed E-state index contributed by atoms with van der Waals surface area (Å²) in [5.41, 5.74) is 1.05. The summed E-state index contributed by atoms with van der Waals surface area (Å²) in [6.07, 6.45) is 1.69. The number of rotatable bonds is 10. The summed E-state index contributed by atoms with van der Waals surface area (Å²) in [4.78, 5) is 23.5. The Morgan fingerprint density at radius 2 is 1.69 bits per heavy atom. The third-order valence-electron chi connectivity index (χ3n) is 4.16. The molecular formula is C20H23ClN2O5S. The van der Waals surface area contributed by atoms with E-state index in [1.807, 2.05) is 6.92 Å². The number of carboxylic acids is 1. The second-order valence-corrected chi connectivity index (χ2v) is 8.68. The van der Waals surface area contributed by atoms with E-state index in [1.165, 1.54) is 24.3 Å². The van der Waals surface area contributed by atoms with Gasteiger partial charge in [-0.25, -0.2) is 8.42 Å². The highest BCUT2D eigenvalue weighted by atomic mass is 35.5. The minimum absolute atomic E-state index is 0.0224. The van der Waals surface area contributed by atoms with Crippen LogP contribution in [0.4, 0.5) is 5.69 Å². The number of amides is 1. The summed E-state index contributed by atoms with van der Waals surface area (Å²) >= 11 is 5.80. The summed E-state index contributed by atoms with van der Waals surface area (Å²) in [7, 11) is -3.90. The molecule has 0 aliphatic heterocycles. The van der Waals surface area contributed by atoms with Crippen molar-refractivity contribution in [2.24, 2.45) is 0 Å². The maximum Gasteiger partial charge on any atom is 0.307 e. The molecule has 9 heteroatoms. The van der Waals surface area contributed by atoms with Crippen LogP contribution in [0.25, 0.3) is 0 Å². The van der Waals surface area contributed by atoms with Crippen molar-refractivity contribution >= 4 is 39.2 Å². The Kier molecular flexibility index (Phi) is 8.19. The Hall–Kier alpha value is -2.42. The third kappa shape index (κ3) is 7.16. The van der Waals surface area contributed by atoms with Crippen LogP contribution in [0.1, 0.15) is 31.7 Å². The lowest BCUT2D eigenvalue weighted by Crippen LogP contribution is -2.43. The summed E-state index contributed by atoms with van der Waals surface area (Å²) in [5, 5.41) is 11.9. The zero-order chi connectivity index (χ0) is 21.4. The number of carbonyl (C=O) groups is 2. The average molecular weight is 439 g/mol. The number of hydrogen-bond donors (Lipinski definition) is 3. The van der Waals surface area contributed by atoms with E-state index < -0.39 is 27.9 Å². The molecule has 7 nitrogen and oxygen atoms in total. The van der Waals surface area contributed by atoms with Crippen LogP contribution >= 0.6 is 11.6 Å². The molecule has 0 aliphatic carbocycles. The topological polar surface area (TPSA) is 113 Å². The second-order valence-electron chi connectivity index (χ2n) is 6.53. The van der Waals surface area contributed by atoms with Gasteiger partial charge >= 0.3 is 5.97 Å². The van der Waals surface area contributed by atoms with Gasteiger partial charge in [0.15, 0.2) is 0 Å². The fraction of sp³-hybridized carbons (Fsp3) is 0.300. The van der Waals surface area contributed by atoms with Gasteiger partial charge in [-0.3, -0.25) is 9.59 Å². The average Bonchev–Trinajstić information content (AvgIpc) is 2.66. The first-order valence-electron chi connectivity index (χ1n) is 9.10. The molecule has 0 bridgehead atoms. The Bertz CT molecular complexity index is 944. The maximum absolute atomic E-state index is 12.7. The molecule has 2 aromatic rings. The fourth-order valence-corrected chi connectivity index (χ4v) is 3.99. The van der Waals surface area contributed by atoms with Crippen molar-refractivity contribution in [3.8, 4) is 0 Å². The molecule has 0 fully saturated rings. The van der Waals surface area contributed by atoms with Crippen molar-refractivity contribution in [2.45, 2.75) is 43.5 Å². The number of benzene rings is 2. The molecule has 0 aliphatic rings. The first-order chi connectivity index (χ1) is 13.7. The molecule has 0 unspecified atom stereocenters. The molecular weight excluding hydrogens is 416 g/mol. The third-order valence-corrected chi connectivity index (χ3v) is 5.90. The van der Waals surface area contributed by atoms with Gasteiger partial charge in [-0.1, -0.05) is 43.5 Å². The number of hydrogen-bond acceptors (Lipinski definition) is 4. The number of carboxylic acid groups (broad SMARTS) is 1. The van der Waals surface area contributed by atoms with Crippen LogP contribution in [0, 0.1) is 0 Å². The molecule has 29 heavy (non-hydrogen) atoms. The molecule has 0 saturated carbocycles. The normalized spacial score (nSPS) is 12.3. The van der Waals surface area contributed by atoms with Crippen molar-refractivity contribution in [3.05, 3.63) is 59.1 Å². The molecule has 2 aromatic carbocycles. The molecule has 0 spiro atoms. The Morgan fingerprint density at radius 1 is 1.07 bits per heavy atom. The lowest BCUT2D eigenvalue weighted by molar-refractivity contribution is -0.136. The number of nitrogens with one attached hydrogen (secondary N) is 2. The van der Waals surface area contributed by atoms with Crippen LogP contribution in [0.2, 0.25) is 5.02 Å². The van der Waals surface area contributed by atoms with E-state index in [0.29, 0.717) is 29.1 Å². The highest BCUT2D eigenvalue weighted by Gasteiger charge is 2.25. The summed E-state index contributed by atoms with van der Waals surface area (Å²) < 4.78 is 27.7. The van der Waals surface area contributed by atoms with Crippen molar-refractivity contribution in [1.29, 1.82) is 0 Å². The van der Waals surface area contributed by atoms with Gasteiger partial charge in [0.25, 0.3) is 0 Å². The highest BCUT2D eigenvalue weighted by molar-refractivity contribution is 7.89. The van der Waals surface area contributed by atoms with Gasteiger partial charge in [0.2, 0.25) is 15.9 Å². The van der Waals surface area contributed by atoms with Crippen molar-refractivity contribution in [2.75, 3.05) is 5.32 Å². The molecule has 0 saturated heterocycles. The maximum atomic E-state index is 12.7. The van der Waals surface area contributed by atoms with Crippen LogP contribution in [-0.4, -0.2) is 31.4 Å². The first-order valence-corrected chi connectivity index (χ1v) is 11.0. The summed E-state index contributed by atoms with van der Waals surface area (Å²) in [5.74, 6) is -1.43. The summed E-state index contributed by atoms with van der Waals surface area (Å²) in [6.45, 7) is 1.95. The fourth-order valence-electron chi connectivity index (χ4n) is 2.63. The SMILES string of the molecule is CCCC[C@@H](NS(=O)(=O)c1ccc(Cl)cc1)C(=O)Nc1ccc(CC(=O)O)cc1. The van der Waals surface area contributed by atoms with E-state index in [1.54, 1.807) is 24.3 Å². The predicted molar refractivity (Wildman–Crippen MR) is 111 cm³/mol. The Morgan fingerprint density at radius 3 is 2.24 bits per heavy atom. The van der Waals surface area contributed by atoms with Crippen LogP contribution < -0.4 is 10.0 Å². The Balaban J connectivity index is 2.12. The van der Waals surface area contributed by atoms with E-state index in [0.717, 1.165) is 6.42 Å². The number of anilines is 1. The largest absolute Gasteiger partial charge is 0.481 e. The Labute approximate surface area is 175 Å². The smallest absolute Gasteiger partial charge is 0.307 e. The number of sulfonamides is 1. The molecule has 3 N–H and O–H groups in total. The number of carbonyl (C=O) groups excluding carboxylic acids is 1. The van der Waals surface area contributed by atoms with Crippen LogP contribution in [0.15, 0.2) is 53.4 Å². The lowest BCUT2D eigenvalue weighted by atomic mass is 10.1. The minimum Gasteiger partial charge on any atom is -0.481 e. The molecule has 156 valence electrons. The molecule has 0 heterocycles. The van der Waals surface area contributed by atoms with E-state index in [4.69, 9.17) is 16.7 Å². The lowest BCUT2D eigenvalue weighted by Gasteiger charge is -2.18. The van der Waals surface area contributed by atoms with Crippen LogP contribution in [0.3, 0.4) is 0 Å². The van der Waals surface area contributed by atoms with Crippen molar-refractivity contribution in [1.82, 2.24) is 4.72 Å². The molecule has 1 amide bonds. The van der Waals surface area contributed by atoms with E-state index in [2.05, 4.69) is 10.0 Å². The molecule has 0 radical (unpaired) electrons.